The molecule has 0 radical (unpaired) electrons. The molecule has 4 rings (SSSR count). The van der Waals surface area contributed by atoms with Crippen LogP contribution in [0, 0.1) is 3.57 Å². The van der Waals surface area contributed by atoms with Crippen LogP contribution in [0.3, 0.4) is 0 Å². The van der Waals surface area contributed by atoms with Crippen LogP contribution in [0.1, 0.15) is 15.9 Å². The van der Waals surface area contributed by atoms with Crippen molar-refractivity contribution in [3.05, 3.63) is 87.5 Å². The maximum atomic E-state index is 12.3. The summed E-state index contributed by atoms with van der Waals surface area (Å²) in [7, 11) is 0. The Bertz CT molecular complexity index is 1120. The number of halogens is 1. The minimum absolute atomic E-state index is 0.371. The Morgan fingerprint density at radius 1 is 1.04 bits per heavy atom. The van der Waals surface area contributed by atoms with Gasteiger partial charge in [-0.25, -0.2) is 9.78 Å². The molecule has 5 nitrogen and oxygen atoms in total. The number of ether oxygens (including phenoxy) is 1. The molecule has 0 aliphatic heterocycles. The summed E-state index contributed by atoms with van der Waals surface area (Å²) in [6.45, 7) is 0. The van der Waals surface area contributed by atoms with Crippen molar-refractivity contribution in [2.24, 2.45) is 5.10 Å². The van der Waals surface area contributed by atoms with Gasteiger partial charge in [-0.3, -0.25) is 5.43 Å². The molecule has 4 aromatic rings. The Morgan fingerprint density at radius 3 is 2.57 bits per heavy atom. The van der Waals surface area contributed by atoms with Gasteiger partial charge in [0, 0.05) is 3.57 Å². The molecule has 1 aromatic heterocycles. The lowest BCUT2D eigenvalue weighted by Crippen LogP contribution is -2.10. The molecule has 0 amide bonds. The van der Waals surface area contributed by atoms with Crippen molar-refractivity contribution in [2.75, 3.05) is 5.43 Å². The molecule has 0 aliphatic carbocycles. The number of hydrogen-bond acceptors (Lipinski definition) is 6. The van der Waals surface area contributed by atoms with E-state index < -0.39 is 0 Å². The van der Waals surface area contributed by atoms with Crippen LogP contribution < -0.4 is 10.2 Å². The predicted molar refractivity (Wildman–Crippen MR) is 121 cm³/mol. The van der Waals surface area contributed by atoms with Gasteiger partial charge in [0.05, 0.1) is 22.0 Å². The number of nitrogens with one attached hydrogen (secondary N) is 1. The molecule has 0 saturated carbocycles. The maximum absolute atomic E-state index is 12.3. The Balaban J connectivity index is 1.38. The van der Waals surface area contributed by atoms with Crippen LogP contribution in [0.2, 0.25) is 0 Å². The van der Waals surface area contributed by atoms with E-state index in [0.717, 1.165) is 24.5 Å². The first-order valence-electron chi connectivity index (χ1n) is 8.40. The van der Waals surface area contributed by atoms with E-state index in [1.165, 1.54) is 0 Å². The van der Waals surface area contributed by atoms with Crippen molar-refractivity contribution in [2.45, 2.75) is 0 Å². The highest BCUT2D eigenvalue weighted by Gasteiger charge is 2.11. The van der Waals surface area contributed by atoms with Crippen molar-refractivity contribution in [3.8, 4) is 5.75 Å². The van der Waals surface area contributed by atoms with Crippen LogP contribution >= 0.6 is 33.9 Å². The zero-order chi connectivity index (χ0) is 19.3. The minimum atomic E-state index is -0.371. The van der Waals surface area contributed by atoms with Gasteiger partial charge >= 0.3 is 5.97 Å². The van der Waals surface area contributed by atoms with Gasteiger partial charge in [-0.15, -0.1) is 0 Å². The first-order valence-corrected chi connectivity index (χ1v) is 10.3. The first-order chi connectivity index (χ1) is 13.7. The number of rotatable bonds is 5. The molecule has 138 valence electrons. The average Bonchev–Trinajstić information content (AvgIpc) is 3.12. The lowest BCUT2D eigenvalue weighted by Gasteiger charge is -2.06. The van der Waals surface area contributed by atoms with Crippen LogP contribution in [-0.2, 0) is 0 Å². The minimum Gasteiger partial charge on any atom is -0.423 e. The number of nitrogens with zero attached hydrogens (tertiary/aromatic N) is 2. The molecule has 0 aliphatic rings. The highest BCUT2D eigenvalue weighted by molar-refractivity contribution is 14.1. The van der Waals surface area contributed by atoms with Gasteiger partial charge in [0.15, 0.2) is 0 Å². The Kier molecular flexibility index (Phi) is 5.63. The van der Waals surface area contributed by atoms with Crippen molar-refractivity contribution < 1.29 is 9.53 Å². The molecule has 0 spiro atoms. The largest absolute Gasteiger partial charge is 0.423 e. The van der Waals surface area contributed by atoms with E-state index in [9.17, 15) is 4.79 Å². The Morgan fingerprint density at radius 2 is 1.79 bits per heavy atom. The number of benzene rings is 3. The first kappa shape index (κ1) is 18.6. The summed E-state index contributed by atoms with van der Waals surface area (Å²) in [4.78, 5) is 16.7. The van der Waals surface area contributed by atoms with Gasteiger partial charge in [0.1, 0.15) is 5.75 Å². The number of thiazole rings is 1. The molecule has 0 unspecified atom stereocenters. The van der Waals surface area contributed by atoms with Crippen molar-refractivity contribution in [1.29, 1.82) is 0 Å². The second kappa shape index (κ2) is 8.49. The fraction of sp³-hybridized carbons (Fsp3) is 0. The summed E-state index contributed by atoms with van der Waals surface area (Å²) >= 11 is 3.66. The standard InChI is InChI=1S/C21H14IN3O2S/c22-17-6-2-1-5-16(17)20(26)27-15-11-9-14(10-12-15)13-23-25-21-24-18-7-3-4-8-19(18)28-21/h1-13H,(H,24,25). The van der Waals surface area contributed by atoms with E-state index >= 15 is 0 Å². The second-order valence-electron chi connectivity index (χ2n) is 5.80. The van der Waals surface area contributed by atoms with E-state index in [2.05, 4.69) is 38.1 Å². The van der Waals surface area contributed by atoms with Gasteiger partial charge in [0.25, 0.3) is 0 Å². The molecule has 0 saturated heterocycles. The zero-order valence-electron chi connectivity index (χ0n) is 14.5. The maximum Gasteiger partial charge on any atom is 0.344 e. The second-order valence-corrected chi connectivity index (χ2v) is 7.99. The number of para-hydroxylation sites is 1. The van der Waals surface area contributed by atoms with Gasteiger partial charge < -0.3 is 4.74 Å². The molecule has 3 aromatic carbocycles. The topological polar surface area (TPSA) is 63.6 Å². The summed E-state index contributed by atoms with van der Waals surface area (Å²) in [6.07, 6.45) is 1.69. The van der Waals surface area contributed by atoms with E-state index in [0.29, 0.717) is 11.3 Å². The van der Waals surface area contributed by atoms with Crippen LogP contribution in [0.5, 0.6) is 5.75 Å². The number of carbonyl (C=O) groups is 1. The summed E-state index contributed by atoms with van der Waals surface area (Å²) in [5.74, 6) is 0.116. The Hall–Kier alpha value is -2.78. The number of anilines is 1. The quantitative estimate of drug-likeness (QED) is 0.128. The van der Waals surface area contributed by atoms with Gasteiger partial charge in [0.2, 0.25) is 5.13 Å². The van der Waals surface area contributed by atoms with Crippen molar-refractivity contribution in [3.63, 3.8) is 0 Å². The fourth-order valence-corrected chi connectivity index (χ4v) is 3.92. The predicted octanol–water partition coefficient (Wildman–Crippen LogP) is 5.57. The third-order valence-corrected chi connectivity index (χ3v) is 5.73. The zero-order valence-corrected chi connectivity index (χ0v) is 17.5. The lowest BCUT2D eigenvalue weighted by atomic mass is 10.2. The molecule has 1 heterocycles. The molecule has 1 N–H and O–H groups in total. The number of hydrogen-bond donors (Lipinski definition) is 1. The molecule has 0 atom stereocenters. The molecule has 28 heavy (non-hydrogen) atoms. The molecule has 0 bridgehead atoms. The van der Waals surface area contributed by atoms with Crippen molar-refractivity contribution in [1.82, 2.24) is 4.98 Å². The monoisotopic (exact) mass is 499 g/mol. The third kappa shape index (κ3) is 4.37. The van der Waals surface area contributed by atoms with E-state index in [-0.39, 0.29) is 5.97 Å². The van der Waals surface area contributed by atoms with Gasteiger partial charge in [-0.2, -0.15) is 5.10 Å². The van der Waals surface area contributed by atoms with Crippen LogP contribution in [-0.4, -0.2) is 17.2 Å². The number of esters is 1. The highest BCUT2D eigenvalue weighted by Crippen LogP contribution is 2.25. The highest BCUT2D eigenvalue weighted by atomic mass is 127. The summed E-state index contributed by atoms with van der Waals surface area (Å²) in [5.41, 5.74) is 5.32. The average molecular weight is 499 g/mol. The van der Waals surface area contributed by atoms with E-state index in [4.69, 9.17) is 4.74 Å². The van der Waals surface area contributed by atoms with E-state index in [1.807, 2.05) is 54.6 Å². The number of fused-ring (bicyclic) bond motifs is 1. The van der Waals surface area contributed by atoms with Gasteiger partial charge in [-0.1, -0.05) is 35.6 Å². The molecule has 7 heteroatoms. The summed E-state index contributed by atoms with van der Waals surface area (Å²) in [5, 5.41) is 4.96. The Labute approximate surface area is 179 Å². The third-order valence-electron chi connectivity index (χ3n) is 3.85. The van der Waals surface area contributed by atoms with E-state index in [1.54, 1.807) is 35.8 Å². The summed E-state index contributed by atoms with van der Waals surface area (Å²) in [6, 6.07) is 22.4. The van der Waals surface area contributed by atoms with Crippen LogP contribution in [0.25, 0.3) is 10.2 Å². The molecular formula is C21H14IN3O2S. The van der Waals surface area contributed by atoms with Crippen LogP contribution in [0.4, 0.5) is 5.13 Å². The molecular weight excluding hydrogens is 485 g/mol. The smallest absolute Gasteiger partial charge is 0.344 e. The number of aromatic nitrogens is 1. The van der Waals surface area contributed by atoms with Gasteiger partial charge in [-0.05, 0) is 76.7 Å². The normalized spacial score (nSPS) is 11.0. The SMILES string of the molecule is O=C(Oc1ccc(C=NNc2nc3ccccc3s2)cc1)c1ccccc1I. The lowest BCUT2D eigenvalue weighted by molar-refractivity contribution is 0.0733. The number of hydrazone groups is 1. The molecule has 0 fully saturated rings. The van der Waals surface area contributed by atoms with Crippen molar-refractivity contribution >= 4 is 61.5 Å². The fourth-order valence-electron chi connectivity index (χ4n) is 2.49. The number of carbonyl (C=O) groups excluding carboxylic acids is 1. The summed E-state index contributed by atoms with van der Waals surface area (Å²) < 4.78 is 7.40. The van der Waals surface area contributed by atoms with Crippen LogP contribution in [0.15, 0.2) is 77.9 Å².